The summed E-state index contributed by atoms with van der Waals surface area (Å²) in [6, 6.07) is 2.98. The number of carbonyl (C=O) groups excluding carboxylic acids is 1. The van der Waals surface area contributed by atoms with Gasteiger partial charge in [-0.25, -0.2) is 0 Å². The Bertz CT molecular complexity index is 309. The van der Waals surface area contributed by atoms with E-state index in [1.54, 1.807) is 13.8 Å². The van der Waals surface area contributed by atoms with E-state index in [9.17, 15) is 9.90 Å². The number of hydrogen-bond acceptors (Lipinski definition) is 2. The molecule has 0 saturated carbocycles. The first-order valence-electron chi connectivity index (χ1n) is 3.81. The van der Waals surface area contributed by atoms with E-state index in [0.717, 1.165) is 11.1 Å². The van der Waals surface area contributed by atoms with E-state index in [-0.39, 0.29) is 62.9 Å². The Morgan fingerprint density at radius 2 is 1.62 bits per heavy atom. The molecular weight excluding hydrogens is 191 g/mol. The molecule has 3 heteroatoms. The summed E-state index contributed by atoms with van der Waals surface area (Å²) in [4.78, 5) is 11.1. The molecule has 1 rings (SSSR count). The van der Waals surface area contributed by atoms with Crippen LogP contribution in [0.25, 0.3) is 0 Å². The van der Waals surface area contributed by atoms with Gasteiger partial charge in [0.1, 0.15) is 0 Å². The van der Waals surface area contributed by atoms with Gasteiger partial charge in [-0.2, -0.15) is 0 Å². The van der Waals surface area contributed by atoms with Crippen LogP contribution < -0.4 is 56.5 Å². The van der Waals surface area contributed by atoms with Crippen LogP contribution >= 0.6 is 0 Å². The van der Waals surface area contributed by atoms with E-state index in [1.165, 1.54) is 19.1 Å². The van der Waals surface area contributed by atoms with Gasteiger partial charge >= 0.3 is 51.4 Å². The molecule has 1 aromatic rings. The molecule has 0 atom stereocenters. The largest absolute Gasteiger partial charge is 1.00 e. The van der Waals surface area contributed by atoms with Crippen LogP contribution in [0.4, 0.5) is 0 Å². The van der Waals surface area contributed by atoms with Gasteiger partial charge < -0.3 is 5.11 Å². The van der Waals surface area contributed by atoms with E-state index < -0.39 is 0 Å². The van der Waals surface area contributed by atoms with Gasteiger partial charge in [-0.15, -0.1) is 5.75 Å². The van der Waals surface area contributed by atoms with E-state index in [0.29, 0.717) is 5.56 Å². The second kappa shape index (κ2) is 5.27. The van der Waals surface area contributed by atoms with Crippen molar-refractivity contribution in [1.82, 2.24) is 0 Å². The van der Waals surface area contributed by atoms with E-state index in [4.69, 9.17) is 0 Å². The summed E-state index contributed by atoms with van der Waals surface area (Å²) in [6.07, 6.45) is 0. The summed E-state index contributed by atoms with van der Waals surface area (Å²) < 4.78 is 0. The first-order chi connectivity index (χ1) is 5.52. The minimum absolute atomic E-state index is 0. The van der Waals surface area contributed by atoms with Crippen molar-refractivity contribution >= 4 is 5.78 Å². The van der Waals surface area contributed by atoms with Crippen molar-refractivity contribution in [2.75, 3.05) is 0 Å². The molecule has 0 heterocycles. The average Bonchev–Trinajstić information content (AvgIpc) is 1.82. The van der Waals surface area contributed by atoms with Gasteiger partial charge in [0.15, 0.2) is 5.78 Å². The fourth-order valence-electron chi connectivity index (χ4n) is 1.48. The van der Waals surface area contributed by atoms with Crippen molar-refractivity contribution in [2.24, 2.45) is 0 Å². The van der Waals surface area contributed by atoms with Gasteiger partial charge in [0.05, 0.1) is 0 Å². The smallest absolute Gasteiger partial charge is 0.872 e. The number of benzene rings is 1. The topological polar surface area (TPSA) is 40.1 Å². The number of hydrogen-bond donors (Lipinski definition) is 0. The summed E-state index contributed by atoms with van der Waals surface area (Å²) in [5.41, 5.74) is 2.22. The summed E-state index contributed by atoms with van der Waals surface area (Å²) in [5.74, 6) is -0.0139. The van der Waals surface area contributed by atoms with Crippen LogP contribution in [-0.2, 0) is 0 Å². The van der Waals surface area contributed by atoms with Gasteiger partial charge in [0, 0.05) is 5.56 Å². The van der Waals surface area contributed by atoms with Gasteiger partial charge in [0.25, 0.3) is 0 Å². The third-order valence-corrected chi connectivity index (χ3v) is 1.86. The molecule has 0 unspecified atom stereocenters. The van der Waals surface area contributed by atoms with Crippen LogP contribution in [0, 0.1) is 13.8 Å². The van der Waals surface area contributed by atoms with Crippen LogP contribution in [0.1, 0.15) is 28.4 Å². The van der Waals surface area contributed by atoms with Crippen molar-refractivity contribution in [3.8, 4) is 5.75 Å². The third kappa shape index (κ3) is 3.18. The SMILES string of the molecule is CC(=O)c1c(C)cc([O-])cc1C.[K+]. The van der Waals surface area contributed by atoms with Gasteiger partial charge in [0.2, 0.25) is 0 Å². The summed E-state index contributed by atoms with van der Waals surface area (Å²) >= 11 is 0. The van der Waals surface area contributed by atoms with Crippen LogP contribution in [-0.4, -0.2) is 5.78 Å². The quantitative estimate of drug-likeness (QED) is 0.414. The molecule has 0 fully saturated rings. The zero-order chi connectivity index (χ0) is 9.30. The minimum atomic E-state index is -0.0324. The maximum Gasteiger partial charge on any atom is 1.00 e. The molecule has 0 radical (unpaired) electrons. The third-order valence-electron chi connectivity index (χ3n) is 1.86. The molecular formula is C10H11KO2. The van der Waals surface area contributed by atoms with Gasteiger partial charge in [-0.3, -0.25) is 4.79 Å². The molecule has 0 spiro atoms. The number of carbonyl (C=O) groups is 1. The average molecular weight is 202 g/mol. The summed E-state index contributed by atoms with van der Waals surface area (Å²) in [5, 5.41) is 11.0. The monoisotopic (exact) mass is 202 g/mol. The number of ketones is 1. The van der Waals surface area contributed by atoms with Crippen LogP contribution in [0.15, 0.2) is 12.1 Å². The molecule has 1 aromatic carbocycles. The number of aryl methyl sites for hydroxylation is 2. The van der Waals surface area contributed by atoms with E-state index >= 15 is 0 Å². The zero-order valence-electron chi connectivity index (χ0n) is 8.47. The van der Waals surface area contributed by atoms with Gasteiger partial charge in [-0.1, -0.05) is 12.1 Å². The fourth-order valence-corrected chi connectivity index (χ4v) is 1.48. The number of rotatable bonds is 1. The maximum atomic E-state index is 11.1. The molecule has 0 N–H and O–H groups in total. The molecule has 0 aliphatic carbocycles. The van der Waals surface area contributed by atoms with E-state index in [1.807, 2.05) is 0 Å². The van der Waals surface area contributed by atoms with E-state index in [2.05, 4.69) is 0 Å². The number of Topliss-reactive ketones (excluding diaryl/α,β-unsaturated/α-hetero) is 1. The molecule has 0 saturated heterocycles. The molecule has 0 aliphatic heterocycles. The predicted octanol–water partition coefficient (Wildman–Crippen LogP) is -1.42. The molecule has 2 nitrogen and oxygen atoms in total. The van der Waals surface area contributed by atoms with Crippen LogP contribution in [0.2, 0.25) is 0 Å². The molecule has 0 aliphatic rings. The second-order valence-electron chi connectivity index (χ2n) is 2.99. The molecule has 0 bridgehead atoms. The molecule has 64 valence electrons. The Morgan fingerprint density at radius 1 is 1.23 bits per heavy atom. The predicted molar refractivity (Wildman–Crippen MR) is 45.4 cm³/mol. The van der Waals surface area contributed by atoms with Crippen LogP contribution in [0.5, 0.6) is 5.75 Å². The molecule has 13 heavy (non-hydrogen) atoms. The van der Waals surface area contributed by atoms with Gasteiger partial charge in [-0.05, 0) is 31.9 Å². The first kappa shape index (κ1) is 13.3. The second-order valence-corrected chi connectivity index (χ2v) is 2.99. The maximum absolute atomic E-state index is 11.1. The Hall–Kier alpha value is 0.326. The first-order valence-corrected chi connectivity index (χ1v) is 3.81. The Kier molecular flexibility index (Phi) is 5.40. The zero-order valence-corrected chi connectivity index (χ0v) is 11.6. The normalized spacial score (nSPS) is 9.15. The standard InChI is InChI=1S/C10H12O2.K/c1-6-4-9(12)5-7(2)10(6)8(3)11;/h4-5,12H,1-3H3;/q;+1/p-1. The Labute approximate surface area is 121 Å². The molecule has 0 amide bonds. The summed E-state index contributed by atoms with van der Waals surface area (Å²) in [7, 11) is 0. The minimum Gasteiger partial charge on any atom is -0.872 e. The molecule has 0 aromatic heterocycles. The van der Waals surface area contributed by atoms with Crippen molar-refractivity contribution in [2.45, 2.75) is 20.8 Å². The fraction of sp³-hybridized carbons (Fsp3) is 0.300. The van der Waals surface area contributed by atoms with Crippen LogP contribution in [0.3, 0.4) is 0 Å². The van der Waals surface area contributed by atoms with Crippen molar-refractivity contribution in [1.29, 1.82) is 0 Å². The van der Waals surface area contributed by atoms with Crippen molar-refractivity contribution in [3.63, 3.8) is 0 Å². The Balaban J connectivity index is 0.00000144. The van der Waals surface area contributed by atoms with Crippen molar-refractivity contribution in [3.05, 3.63) is 28.8 Å². The Morgan fingerprint density at radius 3 is 1.92 bits per heavy atom. The summed E-state index contributed by atoms with van der Waals surface area (Å²) in [6.45, 7) is 5.08. The van der Waals surface area contributed by atoms with Crippen molar-refractivity contribution < 1.29 is 61.3 Å².